The minimum Gasteiger partial charge on any atom is -0.436 e. The fourth-order valence-corrected chi connectivity index (χ4v) is 0.0340. The Morgan fingerprint density at radius 1 is 1.67 bits per heavy atom. The van der Waals surface area contributed by atoms with Crippen LogP contribution in [0, 0.1) is 0 Å². The van der Waals surface area contributed by atoms with Crippen molar-refractivity contribution in [2.45, 2.75) is 0 Å². The van der Waals surface area contributed by atoms with E-state index in [0.717, 1.165) is 7.11 Å². The van der Waals surface area contributed by atoms with Crippen molar-refractivity contribution in [2.24, 2.45) is 0 Å². The lowest BCUT2D eigenvalue weighted by Crippen LogP contribution is -1.97. The van der Waals surface area contributed by atoms with E-state index in [2.05, 4.69) is 9.62 Å². The summed E-state index contributed by atoms with van der Waals surface area (Å²) in [6.07, 6.45) is -1.21. The van der Waals surface area contributed by atoms with Gasteiger partial charge in [-0.25, -0.2) is 9.68 Å². The number of hydrogen-bond acceptors (Lipinski definition) is 3. The average molecular weight is 91.0 g/mol. The number of carbonyl (C=O) groups is 1. The summed E-state index contributed by atoms with van der Waals surface area (Å²) in [4.78, 5) is 12.2. The van der Waals surface area contributed by atoms with E-state index < -0.39 is 6.16 Å². The van der Waals surface area contributed by atoms with Gasteiger partial charge in [0.05, 0.1) is 7.11 Å². The maximum atomic E-state index is 9.42. The predicted molar refractivity (Wildman–Crippen MR) is 14.2 cm³/mol. The minimum absolute atomic E-state index is 1.06. The lowest BCUT2D eigenvalue weighted by Gasteiger charge is -1.83. The molecule has 0 saturated heterocycles. The van der Waals surface area contributed by atoms with Crippen LogP contribution in [-0.2, 0) is 14.9 Å². The molecule has 0 aliphatic rings. The first-order chi connectivity index (χ1) is 2.81. The fraction of sp³-hybridized carbons (Fsp3) is 0.500. The predicted octanol–water partition coefficient (Wildman–Crippen LogP) is 0.115. The first kappa shape index (κ1) is 5.23. The van der Waals surface area contributed by atoms with E-state index in [9.17, 15) is 4.79 Å². The van der Waals surface area contributed by atoms with Crippen molar-refractivity contribution in [1.29, 1.82) is 0 Å². The molecule has 0 spiro atoms. The Labute approximate surface area is 34.2 Å². The van der Waals surface area contributed by atoms with Crippen molar-refractivity contribution in [1.82, 2.24) is 0 Å². The average Bonchev–Trinajstić information content (AvgIpc) is 1.65. The number of carbonyl (C=O) groups excluding carboxylic acids is 1. The molecule has 0 unspecified atom stereocenters. The zero-order chi connectivity index (χ0) is 4.99. The summed E-state index contributed by atoms with van der Waals surface area (Å²) in [5, 5.41) is 8.89. The maximum absolute atomic E-state index is 9.42. The van der Waals surface area contributed by atoms with Gasteiger partial charge in [0, 0.05) is 5.26 Å². The summed E-state index contributed by atoms with van der Waals surface area (Å²) < 4.78 is 3.73. The number of methoxy groups -OCH3 is 1. The molecular formula is C2H3O4. The largest absolute Gasteiger partial charge is 0.542 e. The van der Waals surface area contributed by atoms with Crippen LogP contribution in [0.2, 0.25) is 0 Å². The summed E-state index contributed by atoms with van der Waals surface area (Å²) in [6.45, 7) is 0. The molecule has 0 amide bonds. The molecule has 0 aliphatic heterocycles. The highest BCUT2D eigenvalue weighted by atomic mass is 17.1. The molecule has 1 radical (unpaired) electrons. The van der Waals surface area contributed by atoms with Gasteiger partial charge in [-0.15, -0.1) is 0 Å². The molecule has 0 aliphatic carbocycles. The smallest absolute Gasteiger partial charge is 0.436 e. The van der Waals surface area contributed by atoms with Crippen molar-refractivity contribution < 1.29 is 19.7 Å². The lowest BCUT2D eigenvalue weighted by molar-refractivity contribution is -0.258. The first-order valence-electron chi connectivity index (χ1n) is 1.19. The fourth-order valence-electron chi connectivity index (χ4n) is 0.0340. The molecule has 4 heteroatoms. The van der Waals surface area contributed by atoms with Gasteiger partial charge in [-0.05, 0) is 0 Å². The summed E-state index contributed by atoms with van der Waals surface area (Å²) >= 11 is 0. The molecule has 0 atom stereocenters. The van der Waals surface area contributed by atoms with Crippen molar-refractivity contribution in [3.8, 4) is 0 Å². The van der Waals surface area contributed by atoms with E-state index in [1.54, 1.807) is 0 Å². The van der Waals surface area contributed by atoms with Crippen molar-refractivity contribution >= 4 is 6.16 Å². The third kappa shape index (κ3) is 1.54. The van der Waals surface area contributed by atoms with E-state index in [1.165, 1.54) is 0 Å². The van der Waals surface area contributed by atoms with E-state index in [-0.39, 0.29) is 0 Å². The molecule has 0 rings (SSSR count). The van der Waals surface area contributed by atoms with Gasteiger partial charge < -0.3 is 4.74 Å². The number of rotatable bonds is 0. The van der Waals surface area contributed by atoms with Gasteiger partial charge >= 0.3 is 6.16 Å². The Hall–Kier alpha value is -0.770. The molecule has 4 nitrogen and oxygen atoms in total. The summed E-state index contributed by atoms with van der Waals surface area (Å²) in [6, 6.07) is 0. The third-order valence-electron chi connectivity index (χ3n) is 0.235. The standard InChI is InChI=1S/C2H3O4/c1-5-2(3)6-4/h1H3. The van der Waals surface area contributed by atoms with Crippen LogP contribution >= 0.6 is 0 Å². The van der Waals surface area contributed by atoms with E-state index in [4.69, 9.17) is 5.26 Å². The second-order valence-electron chi connectivity index (χ2n) is 0.537. The van der Waals surface area contributed by atoms with Gasteiger partial charge in [0.2, 0.25) is 0 Å². The molecule has 35 valence electrons. The molecule has 0 N–H and O–H groups in total. The van der Waals surface area contributed by atoms with Crippen LogP contribution < -0.4 is 0 Å². The van der Waals surface area contributed by atoms with E-state index in [1.807, 2.05) is 0 Å². The SMILES string of the molecule is COC(=O)O[O]. The molecule has 0 fully saturated rings. The molecule has 0 aromatic carbocycles. The van der Waals surface area contributed by atoms with Crippen molar-refractivity contribution in [2.75, 3.05) is 7.11 Å². The zero-order valence-corrected chi connectivity index (χ0v) is 3.13. The molecule has 0 heterocycles. The van der Waals surface area contributed by atoms with Gasteiger partial charge in [-0.1, -0.05) is 0 Å². The van der Waals surface area contributed by atoms with Gasteiger partial charge in [-0.2, -0.15) is 0 Å². The Bertz CT molecular complexity index is 43.5. The third-order valence-corrected chi connectivity index (χ3v) is 0.235. The molecular weight excluding hydrogens is 88.0 g/mol. The highest BCUT2D eigenvalue weighted by molar-refractivity contribution is 5.58. The van der Waals surface area contributed by atoms with E-state index in [0.29, 0.717) is 0 Å². The van der Waals surface area contributed by atoms with Crippen LogP contribution in [0.3, 0.4) is 0 Å². The monoisotopic (exact) mass is 91.0 g/mol. The topological polar surface area (TPSA) is 55.4 Å². The van der Waals surface area contributed by atoms with Crippen LogP contribution in [0.1, 0.15) is 0 Å². The molecule has 0 bridgehead atoms. The van der Waals surface area contributed by atoms with Gasteiger partial charge in [-0.3, -0.25) is 0 Å². The summed E-state index contributed by atoms with van der Waals surface area (Å²) in [5.74, 6) is 0. The Balaban J connectivity index is 2.99. The molecule has 0 saturated carbocycles. The lowest BCUT2D eigenvalue weighted by atomic mass is 11.4. The normalized spacial score (nSPS) is 7.00. The Kier molecular flexibility index (Phi) is 2.15. The Morgan fingerprint density at radius 2 is 2.17 bits per heavy atom. The maximum Gasteiger partial charge on any atom is 0.542 e. The number of ether oxygens (including phenoxy) is 1. The van der Waals surface area contributed by atoms with Gasteiger partial charge in [0.1, 0.15) is 0 Å². The highest BCUT2D eigenvalue weighted by Crippen LogP contribution is 1.72. The first-order valence-corrected chi connectivity index (χ1v) is 1.19. The minimum atomic E-state index is -1.21. The van der Waals surface area contributed by atoms with Crippen LogP contribution in [0.4, 0.5) is 4.79 Å². The second-order valence-corrected chi connectivity index (χ2v) is 0.537. The highest BCUT2D eigenvalue weighted by Gasteiger charge is 1.94. The Morgan fingerprint density at radius 3 is 2.17 bits per heavy atom. The summed E-state index contributed by atoms with van der Waals surface area (Å²) in [5.41, 5.74) is 0. The van der Waals surface area contributed by atoms with Crippen LogP contribution in [-0.4, -0.2) is 13.3 Å². The van der Waals surface area contributed by atoms with Crippen molar-refractivity contribution in [3.05, 3.63) is 0 Å². The molecule has 0 aromatic rings. The van der Waals surface area contributed by atoms with E-state index >= 15 is 0 Å². The quantitative estimate of drug-likeness (QED) is 0.241. The summed E-state index contributed by atoms with van der Waals surface area (Å²) in [7, 11) is 1.06. The molecule has 6 heavy (non-hydrogen) atoms. The van der Waals surface area contributed by atoms with Crippen LogP contribution in [0.15, 0.2) is 0 Å². The second kappa shape index (κ2) is 2.47. The number of hydrogen-bond donors (Lipinski definition) is 0. The van der Waals surface area contributed by atoms with Gasteiger partial charge in [0.15, 0.2) is 0 Å². The van der Waals surface area contributed by atoms with Crippen LogP contribution in [0.25, 0.3) is 0 Å². The van der Waals surface area contributed by atoms with Crippen LogP contribution in [0.5, 0.6) is 0 Å². The van der Waals surface area contributed by atoms with Gasteiger partial charge in [0.25, 0.3) is 0 Å². The molecule has 0 aromatic heterocycles. The zero-order valence-electron chi connectivity index (χ0n) is 3.13. The van der Waals surface area contributed by atoms with Crippen molar-refractivity contribution in [3.63, 3.8) is 0 Å².